The van der Waals surface area contributed by atoms with Gasteiger partial charge in [-0.25, -0.2) is 0 Å². The molecule has 0 amide bonds. The second-order valence-electron chi connectivity index (χ2n) is 6.46. The van der Waals surface area contributed by atoms with Crippen molar-refractivity contribution in [1.29, 1.82) is 0 Å². The summed E-state index contributed by atoms with van der Waals surface area (Å²) in [5, 5.41) is 15.4. The number of nitrogens with one attached hydrogen (secondary N) is 2. The molecule has 0 radical (unpaired) electrons. The summed E-state index contributed by atoms with van der Waals surface area (Å²) in [7, 11) is 0. The molecule has 0 spiro atoms. The lowest BCUT2D eigenvalue weighted by Gasteiger charge is -2.16. The predicted octanol–water partition coefficient (Wildman–Crippen LogP) is 5.31. The first kappa shape index (κ1) is 18.1. The first-order chi connectivity index (χ1) is 12.5. The van der Waals surface area contributed by atoms with Crippen molar-refractivity contribution in [3.05, 3.63) is 70.4 Å². The highest BCUT2D eigenvalue weighted by molar-refractivity contribution is 6.30. The van der Waals surface area contributed by atoms with E-state index in [0.29, 0.717) is 24.2 Å². The molecule has 0 saturated heterocycles. The van der Waals surface area contributed by atoms with Gasteiger partial charge in [0.1, 0.15) is 0 Å². The molecular formula is C20H22ClN5. The van der Waals surface area contributed by atoms with Crippen LogP contribution in [0.4, 0.5) is 17.5 Å². The lowest BCUT2D eigenvalue weighted by Crippen LogP contribution is -2.07. The average molecular weight is 368 g/mol. The number of halogens is 1. The first-order valence-electron chi connectivity index (χ1n) is 8.57. The van der Waals surface area contributed by atoms with Crippen molar-refractivity contribution in [2.24, 2.45) is 0 Å². The minimum Gasteiger partial charge on any atom is -0.349 e. The molecular weight excluding hydrogens is 346 g/mol. The Morgan fingerprint density at radius 1 is 1.08 bits per heavy atom. The number of aromatic nitrogens is 3. The lowest BCUT2D eigenvalue weighted by molar-refractivity contribution is 0.866. The molecule has 0 aliphatic heterocycles. The van der Waals surface area contributed by atoms with E-state index < -0.39 is 0 Å². The number of nitrogens with zero attached hydrogens (tertiary/aromatic N) is 3. The van der Waals surface area contributed by atoms with Crippen LogP contribution in [0.15, 0.2) is 48.7 Å². The Morgan fingerprint density at radius 3 is 2.58 bits per heavy atom. The fourth-order valence-corrected chi connectivity index (χ4v) is 2.82. The molecule has 0 aliphatic rings. The lowest BCUT2D eigenvalue weighted by atomic mass is 9.98. The third-order valence-electron chi connectivity index (χ3n) is 4.10. The summed E-state index contributed by atoms with van der Waals surface area (Å²) in [6.45, 7) is 7.04. The van der Waals surface area contributed by atoms with Crippen LogP contribution < -0.4 is 10.6 Å². The van der Waals surface area contributed by atoms with E-state index in [1.807, 2.05) is 24.3 Å². The number of benzene rings is 2. The minimum atomic E-state index is 0.412. The van der Waals surface area contributed by atoms with E-state index in [2.05, 4.69) is 64.8 Å². The van der Waals surface area contributed by atoms with Crippen LogP contribution in [0.2, 0.25) is 5.02 Å². The zero-order valence-electron chi connectivity index (χ0n) is 15.1. The van der Waals surface area contributed by atoms with E-state index >= 15 is 0 Å². The van der Waals surface area contributed by atoms with Crippen LogP contribution >= 0.6 is 11.6 Å². The smallest absolute Gasteiger partial charge is 0.244 e. The third-order valence-corrected chi connectivity index (χ3v) is 4.35. The molecule has 2 N–H and O–H groups in total. The van der Waals surface area contributed by atoms with Gasteiger partial charge in [-0.3, -0.25) is 0 Å². The Hall–Kier alpha value is -2.66. The van der Waals surface area contributed by atoms with E-state index in [1.54, 1.807) is 6.20 Å². The maximum absolute atomic E-state index is 5.91. The Bertz CT molecular complexity index is 878. The summed E-state index contributed by atoms with van der Waals surface area (Å²) >= 11 is 5.91. The average Bonchev–Trinajstić information content (AvgIpc) is 2.63. The standard InChI is InChI=1S/C20H22ClN5/c1-13(2)17-6-4-5-14(3)19(17)24-18-12-23-26-20(25-18)22-11-15-7-9-16(21)10-8-15/h4-10,12-13H,11H2,1-3H3,(H2,22,24,25,26). The molecule has 0 fully saturated rings. The van der Waals surface area contributed by atoms with Crippen molar-refractivity contribution in [1.82, 2.24) is 15.2 Å². The summed E-state index contributed by atoms with van der Waals surface area (Å²) in [4.78, 5) is 4.52. The van der Waals surface area contributed by atoms with E-state index in [1.165, 1.54) is 11.1 Å². The van der Waals surface area contributed by atoms with Gasteiger partial charge in [-0.15, -0.1) is 5.10 Å². The normalized spacial score (nSPS) is 10.8. The fourth-order valence-electron chi connectivity index (χ4n) is 2.69. The molecule has 0 aliphatic carbocycles. The maximum Gasteiger partial charge on any atom is 0.244 e. The van der Waals surface area contributed by atoms with Crippen LogP contribution in [0.25, 0.3) is 0 Å². The molecule has 134 valence electrons. The SMILES string of the molecule is Cc1cccc(C(C)C)c1Nc1cnnc(NCc2ccc(Cl)cc2)n1. The van der Waals surface area contributed by atoms with Crippen molar-refractivity contribution in [2.45, 2.75) is 33.2 Å². The van der Waals surface area contributed by atoms with Crippen molar-refractivity contribution < 1.29 is 0 Å². The van der Waals surface area contributed by atoms with Gasteiger partial charge in [-0.1, -0.05) is 55.8 Å². The van der Waals surface area contributed by atoms with Gasteiger partial charge in [0.15, 0.2) is 5.82 Å². The molecule has 2 aromatic carbocycles. The van der Waals surface area contributed by atoms with Crippen LogP contribution in [0.1, 0.15) is 36.5 Å². The molecule has 6 heteroatoms. The maximum atomic E-state index is 5.91. The molecule has 3 rings (SSSR count). The molecule has 1 heterocycles. The van der Waals surface area contributed by atoms with Crippen LogP contribution in [0.3, 0.4) is 0 Å². The van der Waals surface area contributed by atoms with E-state index in [0.717, 1.165) is 16.3 Å². The van der Waals surface area contributed by atoms with Crippen LogP contribution in [0.5, 0.6) is 0 Å². The Balaban J connectivity index is 1.75. The molecule has 26 heavy (non-hydrogen) atoms. The number of anilines is 3. The third kappa shape index (κ3) is 4.49. The highest BCUT2D eigenvalue weighted by Gasteiger charge is 2.10. The summed E-state index contributed by atoms with van der Waals surface area (Å²) < 4.78 is 0. The number of hydrogen-bond acceptors (Lipinski definition) is 5. The Morgan fingerprint density at radius 2 is 1.85 bits per heavy atom. The number of para-hydroxylation sites is 1. The molecule has 1 aromatic heterocycles. The zero-order valence-corrected chi connectivity index (χ0v) is 15.9. The van der Waals surface area contributed by atoms with Crippen molar-refractivity contribution in [3.63, 3.8) is 0 Å². The van der Waals surface area contributed by atoms with Gasteiger partial charge in [0.25, 0.3) is 0 Å². The largest absolute Gasteiger partial charge is 0.349 e. The quantitative estimate of drug-likeness (QED) is 0.618. The molecule has 0 saturated carbocycles. The first-order valence-corrected chi connectivity index (χ1v) is 8.95. The second kappa shape index (κ2) is 8.15. The van der Waals surface area contributed by atoms with E-state index in [9.17, 15) is 0 Å². The number of hydrogen-bond donors (Lipinski definition) is 2. The van der Waals surface area contributed by atoms with Crippen molar-refractivity contribution >= 4 is 29.1 Å². The number of aryl methyl sites for hydroxylation is 1. The number of rotatable bonds is 6. The molecule has 3 aromatic rings. The Kier molecular flexibility index (Phi) is 5.68. The van der Waals surface area contributed by atoms with Crippen LogP contribution in [-0.2, 0) is 6.54 Å². The van der Waals surface area contributed by atoms with Gasteiger partial charge in [0, 0.05) is 17.3 Å². The summed E-state index contributed by atoms with van der Waals surface area (Å²) in [5.41, 5.74) is 4.59. The minimum absolute atomic E-state index is 0.412. The topological polar surface area (TPSA) is 62.7 Å². The summed E-state index contributed by atoms with van der Waals surface area (Å²) in [6, 6.07) is 14.0. The van der Waals surface area contributed by atoms with Crippen LogP contribution in [-0.4, -0.2) is 15.2 Å². The summed E-state index contributed by atoms with van der Waals surface area (Å²) in [6.07, 6.45) is 1.63. The highest BCUT2D eigenvalue weighted by Crippen LogP contribution is 2.29. The van der Waals surface area contributed by atoms with Gasteiger partial charge in [0.05, 0.1) is 6.20 Å². The van der Waals surface area contributed by atoms with Gasteiger partial charge in [-0.05, 0) is 41.7 Å². The van der Waals surface area contributed by atoms with Gasteiger partial charge < -0.3 is 10.6 Å². The zero-order chi connectivity index (χ0) is 18.5. The summed E-state index contributed by atoms with van der Waals surface area (Å²) in [5.74, 6) is 1.55. The molecule has 0 bridgehead atoms. The van der Waals surface area contributed by atoms with Crippen LogP contribution in [0, 0.1) is 6.92 Å². The Labute approximate surface area is 158 Å². The van der Waals surface area contributed by atoms with Gasteiger partial charge in [0.2, 0.25) is 5.95 Å². The fraction of sp³-hybridized carbons (Fsp3) is 0.250. The molecule has 0 unspecified atom stereocenters. The highest BCUT2D eigenvalue weighted by atomic mass is 35.5. The van der Waals surface area contributed by atoms with Crippen molar-refractivity contribution in [2.75, 3.05) is 10.6 Å². The second-order valence-corrected chi connectivity index (χ2v) is 6.90. The van der Waals surface area contributed by atoms with Crippen molar-refractivity contribution in [3.8, 4) is 0 Å². The monoisotopic (exact) mass is 367 g/mol. The molecule has 0 atom stereocenters. The molecule has 5 nitrogen and oxygen atoms in total. The van der Waals surface area contributed by atoms with E-state index in [4.69, 9.17) is 11.6 Å². The van der Waals surface area contributed by atoms with Gasteiger partial charge in [-0.2, -0.15) is 10.1 Å². The predicted molar refractivity (Wildman–Crippen MR) is 107 cm³/mol. The van der Waals surface area contributed by atoms with E-state index in [-0.39, 0.29) is 0 Å². The van der Waals surface area contributed by atoms with Gasteiger partial charge >= 0.3 is 0 Å².